The van der Waals surface area contributed by atoms with Gasteiger partial charge in [0.05, 0.1) is 27.0 Å². The van der Waals surface area contributed by atoms with Gasteiger partial charge in [0.15, 0.2) is 0 Å². The van der Waals surface area contributed by atoms with Crippen molar-refractivity contribution in [1.29, 1.82) is 0 Å². The summed E-state index contributed by atoms with van der Waals surface area (Å²) in [4.78, 5) is 13.6. The molecule has 3 heterocycles. The molecular weight excluding hydrogens is 350 g/mol. The molecule has 1 amide bonds. The van der Waals surface area contributed by atoms with E-state index in [-0.39, 0.29) is 11.8 Å². The Hall–Kier alpha value is -2.80. The lowest BCUT2D eigenvalue weighted by Gasteiger charge is -2.25. The molecule has 4 rings (SSSR count). The second kappa shape index (κ2) is 6.84. The molecule has 1 atom stereocenters. The van der Waals surface area contributed by atoms with E-state index in [4.69, 9.17) is 9.47 Å². The van der Waals surface area contributed by atoms with Crippen LogP contribution in [0.3, 0.4) is 0 Å². The molecule has 26 heavy (non-hydrogen) atoms. The number of ether oxygens (including phenoxy) is 2. The lowest BCUT2D eigenvalue weighted by molar-refractivity contribution is -0.116. The van der Waals surface area contributed by atoms with Gasteiger partial charge in [-0.15, -0.1) is 11.3 Å². The number of carbonyl (C=O) groups excluding carboxylic acids is 1. The van der Waals surface area contributed by atoms with Crippen LogP contribution in [0, 0.1) is 0 Å². The quantitative estimate of drug-likeness (QED) is 0.748. The zero-order valence-electron chi connectivity index (χ0n) is 14.6. The first-order valence-corrected chi connectivity index (χ1v) is 9.17. The number of methoxy groups -OCH3 is 2. The number of benzene rings is 1. The summed E-state index contributed by atoms with van der Waals surface area (Å²) in [6.07, 6.45) is 2.21. The van der Waals surface area contributed by atoms with Crippen molar-refractivity contribution in [1.82, 2.24) is 9.78 Å². The topological polar surface area (TPSA) is 65.4 Å². The average molecular weight is 369 g/mol. The normalized spacial score (nSPS) is 16.1. The first kappa shape index (κ1) is 16.7. The van der Waals surface area contributed by atoms with Gasteiger partial charge in [0.25, 0.3) is 0 Å². The molecule has 1 aliphatic heterocycles. The van der Waals surface area contributed by atoms with Crippen molar-refractivity contribution in [2.75, 3.05) is 19.5 Å². The minimum Gasteiger partial charge on any atom is -0.497 e. The highest BCUT2D eigenvalue weighted by Gasteiger charge is 2.31. The van der Waals surface area contributed by atoms with E-state index >= 15 is 0 Å². The van der Waals surface area contributed by atoms with Crippen molar-refractivity contribution < 1.29 is 14.3 Å². The van der Waals surface area contributed by atoms with E-state index in [0.29, 0.717) is 18.7 Å². The Balaban J connectivity index is 1.74. The molecule has 3 aromatic rings. The number of rotatable bonds is 5. The minimum absolute atomic E-state index is 0.0201. The number of fused-ring (bicyclic) bond motifs is 1. The van der Waals surface area contributed by atoms with Crippen LogP contribution >= 0.6 is 11.3 Å². The summed E-state index contributed by atoms with van der Waals surface area (Å²) >= 11 is 1.67. The highest BCUT2D eigenvalue weighted by molar-refractivity contribution is 7.09. The van der Waals surface area contributed by atoms with Crippen molar-refractivity contribution in [2.45, 2.75) is 18.9 Å². The molecule has 134 valence electrons. The monoisotopic (exact) mass is 369 g/mol. The van der Waals surface area contributed by atoms with Gasteiger partial charge < -0.3 is 14.8 Å². The first-order valence-electron chi connectivity index (χ1n) is 8.29. The molecule has 0 fully saturated rings. The fourth-order valence-electron chi connectivity index (χ4n) is 3.32. The molecule has 1 N–H and O–H groups in total. The molecule has 0 saturated carbocycles. The number of hydrogen-bond acceptors (Lipinski definition) is 5. The molecule has 0 saturated heterocycles. The van der Waals surface area contributed by atoms with Gasteiger partial charge in [-0.3, -0.25) is 4.79 Å². The predicted octanol–water partition coefficient (Wildman–Crippen LogP) is 3.48. The largest absolute Gasteiger partial charge is 0.497 e. The molecular formula is C19H19N3O3S. The van der Waals surface area contributed by atoms with Crippen LogP contribution in [0.5, 0.6) is 11.5 Å². The van der Waals surface area contributed by atoms with Crippen molar-refractivity contribution in [2.24, 2.45) is 0 Å². The van der Waals surface area contributed by atoms with Gasteiger partial charge in [-0.05, 0) is 17.5 Å². The molecule has 0 spiro atoms. The van der Waals surface area contributed by atoms with Crippen molar-refractivity contribution >= 4 is 23.1 Å². The Morgan fingerprint density at radius 1 is 1.27 bits per heavy atom. The molecule has 1 aliphatic rings. The maximum absolute atomic E-state index is 12.4. The van der Waals surface area contributed by atoms with Crippen molar-refractivity contribution in [3.8, 4) is 11.5 Å². The van der Waals surface area contributed by atoms with E-state index in [1.54, 1.807) is 25.6 Å². The third-order valence-electron chi connectivity index (χ3n) is 4.59. The van der Waals surface area contributed by atoms with E-state index in [2.05, 4.69) is 16.5 Å². The lowest BCUT2D eigenvalue weighted by Crippen LogP contribution is -2.25. The van der Waals surface area contributed by atoms with Crippen LogP contribution in [0.15, 0.2) is 41.9 Å². The molecule has 2 aromatic heterocycles. The van der Waals surface area contributed by atoms with Crippen LogP contribution < -0.4 is 14.8 Å². The summed E-state index contributed by atoms with van der Waals surface area (Å²) in [6.45, 7) is 0.639. The fraction of sp³-hybridized carbons (Fsp3) is 0.263. The third-order valence-corrected chi connectivity index (χ3v) is 5.45. The van der Waals surface area contributed by atoms with E-state index in [0.717, 1.165) is 22.7 Å². The summed E-state index contributed by atoms with van der Waals surface area (Å²) < 4.78 is 12.7. The van der Waals surface area contributed by atoms with E-state index in [1.807, 2.05) is 40.5 Å². The van der Waals surface area contributed by atoms with Gasteiger partial charge in [-0.25, -0.2) is 4.68 Å². The van der Waals surface area contributed by atoms with Gasteiger partial charge in [0.2, 0.25) is 5.91 Å². The second-order valence-corrected chi connectivity index (χ2v) is 7.13. The van der Waals surface area contributed by atoms with Crippen LogP contribution in [0.1, 0.15) is 28.3 Å². The molecule has 1 aromatic carbocycles. The standard InChI is InChI=1S/C19H19N3O3S/c1-24-12-5-6-14(17(8-12)25-2)15-9-18(23)21-19-16(15)10-20-22(19)11-13-4-3-7-26-13/h3-8,10,15H,9,11H2,1-2H3,(H,21,23)/t15-/m0/s1. The number of carbonyl (C=O) groups is 1. The Morgan fingerprint density at radius 2 is 2.15 bits per heavy atom. The third kappa shape index (κ3) is 2.94. The maximum atomic E-state index is 12.4. The number of hydrogen-bond donors (Lipinski definition) is 1. The molecule has 6 nitrogen and oxygen atoms in total. The van der Waals surface area contributed by atoms with Gasteiger partial charge in [-0.2, -0.15) is 5.10 Å². The Morgan fingerprint density at radius 3 is 2.88 bits per heavy atom. The number of nitrogens with zero attached hydrogens (tertiary/aromatic N) is 2. The van der Waals surface area contributed by atoms with E-state index in [9.17, 15) is 4.79 Å². The van der Waals surface area contributed by atoms with Crippen molar-refractivity contribution in [3.05, 3.63) is 57.9 Å². The highest BCUT2D eigenvalue weighted by atomic mass is 32.1. The minimum atomic E-state index is -0.100. The zero-order chi connectivity index (χ0) is 18.1. The van der Waals surface area contributed by atoms with Crippen LogP contribution in [-0.2, 0) is 11.3 Å². The summed E-state index contributed by atoms with van der Waals surface area (Å²) in [5.41, 5.74) is 1.96. The van der Waals surface area contributed by atoms with Crippen LogP contribution in [0.2, 0.25) is 0 Å². The molecule has 0 unspecified atom stereocenters. The fourth-order valence-corrected chi connectivity index (χ4v) is 4.01. The van der Waals surface area contributed by atoms with E-state index < -0.39 is 0 Å². The van der Waals surface area contributed by atoms with Crippen LogP contribution in [-0.4, -0.2) is 29.9 Å². The first-order chi connectivity index (χ1) is 12.7. The number of aromatic nitrogens is 2. The SMILES string of the molecule is COc1ccc([C@@H]2CC(=O)Nc3c2cnn3Cc2cccs2)c(OC)c1. The molecule has 7 heteroatoms. The molecule has 0 radical (unpaired) electrons. The van der Waals surface area contributed by atoms with E-state index in [1.165, 1.54) is 4.88 Å². The lowest BCUT2D eigenvalue weighted by atomic mass is 9.86. The summed E-state index contributed by atoms with van der Waals surface area (Å²) in [5.74, 6) is 2.07. The predicted molar refractivity (Wildman–Crippen MR) is 100 cm³/mol. The molecule has 0 bridgehead atoms. The van der Waals surface area contributed by atoms with Gasteiger partial charge in [-0.1, -0.05) is 12.1 Å². The number of anilines is 1. The smallest absolute Gasteiger partial charge is 0.226 e. The van der Waals surface area contributed by atoms with Gasteiger partial charge in [0.1, 0.15) is 17.3 Å². The summed E-state index contributed by atoms with van der Waals surface area (Å²) in [7, 11) is 3.25. The van der Waals surface area contributed by atoms with Gasteiger partial charge in [0, 0.05) is 34.4 Å². The molecule has 0 aliphatic carbocycles. The summed E-state index contributed by atoms with van der Waals surface area (Å²) in [6, 6.07) is 9.77. The van der Waals surface area contributed by atoms with Crippen molar-refractivity contribution in [3.63, 3.8) is 0 Å². The number of thiophene rings is 1. The number of amides is 1. The Bertz CT molecular complexity index is 934. The zero-order valence-corrected chi connectivity index (χ0v) is 15.4. The van der Waals surface area contributed by atoms with Crippen LogP contribution in [0.4, 0.5) is 5.82 Å². The van der Waals surface area contributed by atoms with Gasteiger partial charge >= 0.3 is 0 Å². The maximum Gasteiger partial charge on any atom is 0.226 e. The van der Waals surface area contributed by atoms with Crippen LogP contribution in [0.25, 0.3) is 0 Å². The number of nitrogens with one attached hydrogen (secondary N) is 1. The highest BCUT2D eigenvalue weighted by Crippen LogP contribution is 2.41. The Labute approximate surface area is 155 Å². The summed E-state index contributed by atoms with van der Waals surface area (Å²) in [5, 5.41) is 9.53. The average Bonchev–Trinajstić information content (AvgIpc) is 3.31. The Kier molecular flexibility index (Phi) is 4.38. The second-order valence-electron chi connectivity index (χ2n) is 6.10.